The SMILES string of the molecule is CN1CCN(C(=O)[C@@H]2COC3(CCCCC3)N2C(=O)c2cccc(Cl)c2)CC1. The molecule has 0 N–H and O–H groups in total. The molecule has 2 heterocycles. The summed E-state index contributed by atoms with van der Waals surface area (Å²) in [5.41, 5.74) is -0.149. The van der Waals surface area contributed by atoms with E-state index in [0.29, 0.717) is 23.7 Å². The van der Waals surface area contributed by atoms with Gasteiger partial charge in [0.05, 0.1) is 6.61 Å². The topological polar surface area (TPSA) is 53.1 Å². The van der Waals surface area contributed by atoms with Gasteiger partial charge in [0, 0.05) is 36.8 Å². The van der Waals surface area contributed by atoms with Crippen molar-refractivity contribution in [1.29, 1.82) is 0 Å². The number of ether oxygens (including phenoxy) is 1. The van der Waals surface area contributed by atoms with E-state index in [2.05, 4.69) is 11.9 Å². The van der Waals surface area contributed by atoms with E-state index < -0.39 is 11.8 Å². The fourth-order valence-electron chi connectivity index (χ4n) is 4.66. The maximum absolute atomic E-state index is 13.5. The largest absolute Gasteiger partial charge is 0.353 e. The van der Waals surface area contributed by atoms with Crippen molar-refractivity contribution in [2.24, 2.45) is 0 Å². The molecule has 1 aromatic carbocycles. The predicted octanol–water partition coefficient (Wildman–Crippen LogP) is 2.62. The first-order valence-corrected chi connectivity index (χ1v) is 10.6. The maximum atomic E-state index is 13.5. The third-order valence-corrected chi connectivity index (χ3v) is 6.52. The first-order valence-electron chi connectivity index (χ1n) is 10.2. The Morgan fingerprint density at radius 3 is 2.50 bits per heavy atom. The van der Waals surface area contributed by atoms with Gasteiger partial charge in [0.15, 0.2) is 0 Å². The molecular weight excluding hydrogens is 378 g/mol. The highest BCUT2D eigenvalue weighted by molar-refractivity contribution is 6.31. The molecule has 1 spiro atoms. The number of likely N-dealkylation sites (N-methyl/N-ethyl adjacent to an activating group) is 1. The minimum absolute atomic E-state index is 0.00549. The summed E-state index contributed by atoms with van der Waals surface area (Å²) in [5, 5.41) is 0.519. The second-order valence-electron chi connectivity index (χ2n) is 8.15. The Bertz CT molecular complexity index is 742. The first-order chi connectivity index (χ1) is 13.5. The summed E-state index contributed by atoms with van der Waals surface area (Å²) in [6.45, 7) is 3.37. The van der Waals surface area contributed by atoms with Crippen molar-refractivity contribution in [3.05, 3.63) is 34.9 Å². The Hall–Kier alpha value is -1.63. The number of halogens is 1. The number of benzene rings is 1. The smallest absolute Gasteiger partial charge is 0.256 e. The molecule has 1 atom stereocenters. The number of carbonyl (C=O) groups excluding carboxylic acids is 2. The van der Waals surface area contributed by atoms with Gasteiger partial charge in [-0.25, -0.2) is 0 Å². The highest BCUT2D eigenvalue weighted by Crippen LogP contribution is 2.41. The minimum Gasteiger partial charge on any atom is -0.353 e. The minimum atomic E-state index is -0.662. The van der Waals surface area contributed by atoms with Crippen LogP contribution in [0.25, 0.3) is 0 Å². The fourth-order valence-corrected chi connectivity index (χ4v) is 4.85. The van der Waals surface area contributed by atoms with Gasteiger partial charge in [-0.3, -0.25) is 14.5 Å². The van der Waals surface area contributed by atoms with Crippen LogP contribution in [0.1, 0.15) is 42.5 Å². The maximum Gasteiger partial charge on any atom is 0.256 e. The molecule has 152 valence electrons. The molecule has 0 aromatic heterocycles. The molecule has 2 aliphatic heterocycles. The Morgan fingerprint density at radius 2 is 1.82 bits per heavy atom. The highest BCUT2D eigenvalue weighted by atomic mass is 35.5. The number of carbonyl (C=O) groups is 2. The van der Waals surface area contributed by atoms with Gasteiger partial charge >= 0.3 is 0 Å². The lowest BCUT2D eigenvalue weighted by atomic mass is 9.89. The van der Waals surface area contributed by atoms with E-state index in [9.17, 15) is 9.59 Å². The summed E-state index contributed by atoms with van der Waals surface area (Å²) in [4.78, 5) is 32.7. The van der Waals surface area contributed by atoms with Crippen molar-refractivity contribution in [3.8, 4) is 0 Å². The van der Waals surface area contributed by atoms with E-state index in [0.717, 1.165) is 45.2 Å². The molecule has 0 bridgehead atoms. The third kappa shape index (κ3) is 3.65. The Morgan fingerprint density at radius 1 is 1.11 bits per heavy atom. The van der Waals surface area contributed by atoms with Crippen molar-refractivity contribution in [3.63, 3.8) is 0 Å². The van der Waals surface area contributed by atoms with Crippen LogP contribution in [0.2, 0.25) is 5.02 Å². The second-order valence-corrected chi connectivity index (χ2v) is 8.58. The summed E-state index contributed by atoms with van der Waals surface area (Å²) >= 11 is 6.13. The van der Waals surface area contributed by atoms with Crippen LogP contribution in [0.5, 0.6) is 0 Å². The van der Waals surface area contributed by atoms with Crippen LogP contribution >= 0.6 is 11.6 Å². The standard InChI is InChI=1S/C21H28ClN3O3/c1-23-10-12-24(13-11-23)20(27)18-15-28-21(8-3-2-4-9-21)25(18)19(26)16-6-5-7-17(22)14-16/h5-7,14,18H,2-4,8-13,15H2,1H3/t18-/m0/s1. The van der Waals surface area contributed by atoms with E-state index in [-0.39, 0.29) is 18.4 Å². The van der Waals surface area contributed by atoms with E-state index in [1.54, 1.807) is 29.2 Å². The molecule has 3 fully saturated rings. The zero-order valence-electron chi connectivity index (χ0n) is 16.4. The molecule has 4 rings (SSSR count). The normalized spacial score (nSPS) is 25.3. The van der Waals surface area contributed by atoms with E-state index in [1.807, 2.05) is 4.90 Å². The molecule has 3 aliphatic rings. The molecule has 0 radical (unpaired) electrons. The molecule has 6 nitrogen and oxygen atoms in total. The molecule has 0 unspecified atom stereocenters. The van der Waals surface area contributed by atoms with Gasteiger partial charge in [-0.15, -0.1) is 0 Å². The lowest BCUT2D eigenvalue weighted by Crippen LogP contribution is -2.58. The Balaban J connectivity index is 1.63. The van der Waals surface area contributed by atoms with Crippen molar-refractivity contribution in [2.75, 3.05) is 39.8 Å². The Kier molecular flexibility index (Phi) is 5.63. The lowest BCUT2D eigenvalue weighted by molar-refractivity contribution is -0.138. The summed E-state index contributed by atoms with van der Waals surface area (Å²) in [6, 6.07) is 6.41. The van der Waals surface area contributed by atoms with Crippen LogP contribution < -0.4 is 0 Å². The van der Waals surface area contributed by atoms with Crippen LogP contribution in [-0.4, -0.2) is 78.1 Å². The van der Waals surface area contributed by atoms with Crippen molar-refractivity contribution in [2.45, 2.75) is 43.9 Å². The van der Waals surface area contributed by atoms with Gasteiger partial charge in [0.1, 0.15) is 11.8 Å². The molecule has 2 saturated heterocycles. The number of nitrogens with zero attached hydrogens (tertiary/aromatic N) is 3. The highest BCUT2D eigenvalue weighted by Gasteiger charge is 2.53. The lowest BCUT2D eigenvalue weighted by Gasteiger charge is -2.42. The Labute approximate surface area is 171 Å². The molecule has 1 aromatic rings. The van der Waals surface area contributed by atoms with Crippen LogP contribution in [0.4, 0.5) is 0 Å². The monoisotopic (exact) mass is 405 g/mol. The van der Waals surface area contributed by atoms with Crippen LogP contribution in [0.3, 0.4) is 0 Å². The number of hydrogen-bond acceptors (Lipinski definition) is 4. The zero-order chi connectivity index (χ0) is 19.7. The van der Waals surface area contributed by atoms with Crippen LogP contribution in [0, 0.1) is 0 Å². The third-order valence-electron chi connectivity index (χ3n) is 6.29. The van der Waals surface area contributed by atoms with Gasteiger partial charge in [-0.05, 0) is 50.9 Å². The summed E-state index contributed by atoms with van der Waals surface area (Å²) < 4.78 is 6.23. The first kappa shape index (κ1) is 19.7. The quantitative estimate of drug-likeness (QED) is 0.759. The van der Waals surface area contributed by atoms with Gasteiger partial charge in [0.25, 0.3) is 5.91 Å². The molecule has 1 aliphatic carbocycles. The molecule has 7 heteroatoms. The van der Waals surface area contributed by atoms with E-state index in [1.165, 1.54) is 0 Å². The molecule has 2 amide bonds. The average Bonchev–Trinajstić information content (AvgIpc) is 3.06. The van der Waals surface area contributed by atoms with Gasteiger partial charge in [0.2, 0.25) is 5.91 Å². The molecule has 28 heavy (non-hydrogen) atoms. The number of hydrogen-bond donors (Lipinski definition) is 0. The van der Waals surface area contributed by atoms with Gasteiger partial charge < -0.3 is 14.5 Å². The van der Waals surface area contributed by atoms with Gasteiger partial charge in [-0.1, -0.05) is 24.1 Å². The fraction of sp³-hybridized carbons (Fsp3) is 0.619. The van der Waals surface area contributed by atoms with Crippen LogP contribution in [-0.2, 0) is 9.53 Å². The number of rotatable bonds is 2. The molecular formula is C21H28ClN3O3. The number of amides is 2. The summed E-state index contributed by atoms with van der Waals surface area (Å²) in [5.74, 6) is -0.152. The van der Waals surface area contributed by atoms with Gasteiger partial charge in [-0.2, -0.15) is 0 Å². The van der Waals surface area contributed by atoms with Crippen molar-refractivity contribution < 1.29 is 14.3 Å². The zero-order valence-corrected chi connectivity index (χ0v) is 17.2. The second kappa shape index (κ2) is 8.01. The van der Waals surface area contributed by atoms with Crippen LogP contribution in [0.15, 0.2) is 24.3 Å². The predicted molar refractivity (Wildman–Crippen MR) is 107 cm³/mol. The summed E-state index contributed by atoms with van der Waals surface area (Å²) in [6.07, 6.45) is 4.72. The number of piperazine rings is 1. The van der Waals surface area contributed by atoms with E-state index in [4.69, 9.17) is 16.3 Å². The summed E-state index contributed by atoms with van der Waals surface area (Å²) in [7, 11) is 2.06. The molecule has 1 saturated carbocycles. The van der Waals surface area contributed by atoms with Crippen molar-refractivity contribution in [1.82, 2.24) is 14.7 Å². The van der Waals surface area contributed by atoms with E-state index >= 15 is 0 Å². The average molecular weight is 406 g/mol. The van der Waals surface area contributed by atoms with Crippen molar-refractivity contribution >= 4 is 23.4 Å².